The highest BCUT2D eigenvalue weighted by Gasteiger charge is 2.26. The lowest BCUT2D eigenvalue weighted by atomic mass is 9.95. The second-order valence-corrected chi connectivity index (χ2v) is 5.92. The van der Waals surface area contributed by atoms with Crippen LogP contribution in [0.25, 0.3) is 0 Å². The second-order valence-electron chi connectivity index (χ2n) is 3.59. The molecule has 1 N–H and O–H groups in total. The molecule has 5 heteroatoms. The predicted molar refractivity (Wildman–Crippen MR) is 57.2 cm³/mol. The van der Waals surface area contributed by atoms with Crippen molar-refractivity contribution < 1.29 is 8.42 Å². The zero-order valence-corrected chi connectivity index (χ0v) is 9.75. The molecule has 1 aliphatic carbocycles. The van der Waals surface area contributed by atoms with Gasteiger partial charge >= 0.3 is 0 Å². The highest BCUT2D eigenvalue weighted by molar-refractivity contribution is 7.91. The molecular weight excluding hydrogens is 210 g/mol. The minimum Gasteiger partial charge on any atom is -0.317 e. The van der Waals surface area contributed by atoms with Crippen molar-refractivity contribution >= 4 is 22.2 Å². The molecule has 1 aliphatic rings. The van der Waals surface area contributed by atoms with E-state index in [9.17, 15) is 8.42 Å². The molecule has 0 spiro atoms. The standard InChI is InChI=1S/C8H17NO2S.ClH/c1-9-7-3-5-8(6-4-7)12(2,10)11;/h7-9H,3-6H2,1-2H3;1H. The molecule has 0 aromatic heterocycles. The average molecular weight is 228 g/mol. The molecule has 0 unspecified atom stereocenters. The van der Waals surface area contributed by atoms with Gasteiger partial charge in [0.25, 0.3) is 0 Å². The Labute approximate surface area is 86.6 Å². The topological polar surface area (TPSA) is 46.2 Å². The molecular formula is C8H18ClNO2S. The van der Waals surface area contributed by atoms with Gasteiger partial charge in [-0.1, -0.05) is 0 Å². The SMILES string of the molecule is CNC1CCC(S(C)(=O)=O)CC1.Cl. The molecule has 0 heterocycles. The molecule has 0 aliphatic heterocycles. The molecule has 80 valence electrons. The van der Waals surface area contributed by atoms with Crippen molar-refractivity contribution in [2.45, 2.75) is 37.0 Å². The van der Waals surface area contributed by atoms with Crippen molar-refractivity contribution in [2.24, 2.45) is 0 Å². The van der Waals surface area contributed by atoms with E-state index in [0.29, 0.717) is 6.04 Å². The molecule has 1 fully saturated rings. The Hall–Kier alpha value is 0.200. The lowest BCUT2D eigenvalue weighted by molar-refractivity contribution is 0.392. The van der Waals surface area contributed by atoms with Crippen molar-refractivity contribution in [3.8, 4) is 0 Å². The largest absolute Gasteiger partial charge is 0.317 e. The molecule has 1 rings (SSSR count). The van der Waals surface area contributed by atoms with Gasteiger partial charge in [0, 0.05) is 12.3 Å². The van der Waals surface area contributed by atoms with Crippen molar-refractivity contribution in [2.75, 3.05) is 13.3 Å². The summed E-state index contributed by atoms with van der Waals surface area (Å²) in [6.07, 6.45) is 4.98. The third-order valence-electron chi connectivity index (χ3n) is 2.69. The first-order valence-electron chi connectivity index (χ1n) is 4.40. The molecule has 0 atom stereocenters. The van der Waals surface area contributed by atoms with Crippen LogP contribution in [0.4, 0.5) is 0 Å². The molecule has 0 saturated heterocycles. The van der Waals surface area contributed by atoms with Crippen LogP contribution in [0.1, 0.15) is 25.7 Å². The van der Waals surface area contributed by atoms with Crippen LogP contribution in [0.15, 0.2) is 0 Å². The molecule has 0 amide bonds. The van der Waals surface area contributed by atoms with Crippen molar-refractivity contribution in [3.63, 3.8) is 0 Å². The molecule has 1 saturated carbocycles. The lowest BCUT2D eigenvalue weighted by Gasteiger charge is -2.26. The second kappa shape index (κ2) is 5.17. The molecule has 0 aromatic carbocycles. The number of sulfone groups is 1. The summed E-state index contributed by atoms with van der Waals surface area (Å²) in [6.45, 7) is 0. The van der Waals surface area contributed by atoms with E-state index in [-0.39, 0.29) is 17.7 Å². The molecule has 0 bridgehead atoms. The van der Waals surface area contributed by atoms with Gasteiger partial charge in [-0.2, -0.15) is 0 Å². The monoisotopic (exact) mass is 227 g/mol. The maximum atomic E-state index is 11.2. The van der Waals surface area contributed by atoms with Gasteiger partial charge in [-0.05, 0) is 32.7 Å². The Morgan fingerprint density at radius 2 is 1.62 bits per heavy atom. The van der Waals surface area contributed by atoms with Gasteiger partial charge in [0.2, 0.25) is 0 Å². The fourth-order valence-electron chi connectivity index (χ4n) is 1.78. The van der Waals surface area contributed by atoms with Gasteiger partial charge in [0.1, 0.15) is 9.84 Å². The van der Waals surface area contributed by atoms with E-state index in [1.165, 1.54) is 6.26 Å². The highest BCUT2D eigenvalue weighted by atomic mass is 35.5. The van der Waals surface area contributed by atoms with Gasteiger partial charge in [0.05, 0.1) is 5.25 Å². The predicted octanol–water partition coefficient (Wildman–Crippen LogP) is 0.983. The van der Waals surface area contributed by atoms with Gasteiger partial charge in [0.15, 0.2) is 0 Å². The van der Waals surface area contributed by atoms with Gasteiger partial charge in [-0.15, -0.1) is 12.4 Å². The summed E-state index contributed by atoms with van der Waals surface area (Å²) >= 11 is 0. The Morgan fingerprint density at radius 1 is 1.15 bits per heavy atom. The molecule has 13 heavy (non-hydrogen) atoms. The Bertz CT molecular complexity index is 233. The van der Waals surface area contributed by atoms with Crippen LogP contribution in [-0.2, 0) is 9.84 Å². The first-order valence-corrected chi connectivity index (χ1v) is 6.35. The normalized spacial score (nSPS) is 29.4. The molecule has 3 nitrogen and oxygen atoms in total. The van der Waals surface area contributed by atoms with Crippen molar-refractivity contribution in [1.29, 1.82) is 0 Å². The van der Waals surface area contributed by atoms with Crippen LogP contribution in [0.3, 0.4) is 0 Å². The Morgan fingerprint density at radius 3 is 1.92 bits per heavy atom. The molecule has 0 aromatic rings. The Balaban J connectivity index is 0.00000144. The van der Waals surface area contributed by atoms with E-state index in [1.807, 2.05) is 7.05 Å². The zero-order chi connectivity index (χ0) is 9.19. The minimum absolute atomic E-state index is 0. The minimum atomic E-state index is -2.79. The highest BCUT2D eigenvalue weighted by Crippen LogP contribution is 2.23. The quantitative estimate of drug-likeness (QED) is 0.765. The number of hydrogen-bond acceptors (Lipinski definition) is 3. The summed E-state index contributed by atoms with van der Waals surface area (Å²) in [5, 5.41) is 3.10. The van der Waals surface area contributed by atoms with Crippen LogP contribution >= 0.6 is 12.4 Å². The number of hydrogen-bond donors (Lipinski definition) is 1. The summed E-state index contributed by atoms with van der Waals surface area (Å²) in [4.78, 5) is 0. The van der Waals surface area contributed by atoms with Crippen molar-refractivity contribution in [3.05, 3.63) is 0 Å². The number of halogens is 1. The van der Waals surface area contributed by atoms with E-state index >= 15 is 0 Å². The van der Waals surface area contributed by atoms with Crippen molar-refractivity contribution in [1.82, 2.24) is 5.32 Å². The first kappa shape index (κ1) is 13.2. The third-order valence-corrected chi connectivity index (χ3v) is 4.37. The van der Waals surface area contributed by atoms with Gasteiger partial charge < -0.3 is 5.32 Å². The van der Waals surface area contributed by atoms with E-state index in [4.69, 9.17) is 0 Å². The smallest absolute Gasteiger partial charge is 0.150 e. The fourth-order valence-corrected chi connectivity index (χ4v) is 2.91. The summed E-state index contributed by atoms with van der Waals surface area (Å²) < 4.78 is 22.3. The summed E-state index contributed by atoms with van der Waals surface area (Å²) in [6, 6.07) is 0.531. The van der Waals surface area contributed by atoms with E-state index in [0.717, 1.165) is 25.7 Å². The van der Waals surface area contributed by atoms with Gasteiger partial charge in [-0.3, -0.25) is 0 Å². The number of nitrogens with one attached hydrogen (secondary N) is 1. The van der Waals surface area contributed by atoms with Crippen LogP contribution in [-0.4, -0.2) is 33.0 Å². The van der Waals surface area contributed by atoms with E-state index < -0.39 is 9.84 Å². The average Bonchev–Trinajstić information content (AvgIpc) is 2.03. The zero-order valence-electron chi connectivity index (χ0n) is 8.12. The first-order chi connectivity index (χ1) is 5.54. The maximum absolute atomic E-state index is 11.2. The lowest BCUT2D eigenvalue weighted by Crippen LogP contribution is -2.34. The van der Waals surface area contributed by atoms with Gasteiger partial charge in [-0.25, -0.2) is 8.42 Å². The third kappa shape index (κ3) is 3.83. The van der Waals surface area contributed by atoms with E-state index in [1.54, 1.807) is 0 Å². The summed E-state index contributed by atoms with van der Waals surface area (Å²) in [7, 11) is -0.849. The molecule has 0 radical (unpaired) electrons. The van der Waals surface area contributed by atoms with Crippen LogP contribution in [0, 0.1) is 0 Å². The number of rotatable bonds is 2. The summed E-state index contributed by atoms with van der Waals surface area (Å²) in [5.41, 5.74) is 0. The van der Waals surface area contributed by atoms with Crippen LogP contribution in [0.2, 0.25) is 0 Å². The van der Waals surface area contributed by atoms with E-state index in [2.05, 4.69) is 5.32 Å². The Kier molecular flexibility index (Phi) is 5.25. The maximum Gasteiger partial charge on any atom is 0.150 e. The van der Waals surface area contributed by atoms with Crippen LogP contribution < -0.4 is 5.32 Å². The van der Waals surface area contributed by atoms with Crippen LogP contribution in [0.5, 0.6) is 0 Å². The fraction of sp³-hybridized carbons (Fsp3) is 1.00. The summed E-state index contributed by atoms with van der Waals surface area (Å²) in [5.74, 6) is 0.